The average molecular weight is 105 g/mol. The van der Waals surface area contributed by atoms with Crippen molar-refractivity contribution in [3.63, 3.8) is 0 Å². The van der Waals surface area contributed by atoms with Gasteiger partial charge in [0.2, 0.25) is 0 Å². The lowest BCUT2D eigenvalue weighted by atomic mass is 10.6. The van der Waals surface area contributed by atoms with Crippen molar-refractivity contribution in [1.82, 2.24) is 0 Å². The standard InChI is InChI=1S/C4H13N2O/c1-6(2,5)3-4-7/h7H,3-5H2,1-2H3/q+1. The number of rotatable bonds is 2. The predicted octanol–water partition coefficient (Wildman–Crippen LogP) is -1.07. The molecule has 0 heterocycles. The molecule has 3 N–H and O–H groups in total. The Morgan fingerprint density at radius 3 is 2.00 bits per heavy atom. The fraction of sp³-hybridized carbons (Fsp3) is 1.00. The van der Waals surface area contributed by atoms with E-state index in [4.69, 9.17) is 10.9 Å². The number of aliphatic hydroxyl groups excluding tert-OH is 1. The smallest absolute Gasteiger partial charge is 0.119 e. The van der Waals surface area contributed by atoms with Gasteiger partial charge in [-0.05, 0) is 0 Å². The Kier molecular flexibility index (Phi) is 2.22. The van der Waals surface area contributed by atoms with Crippen LogP contribution in [0.5, 0.6) is 0 Å². The minimum atomic E-state index is 0.156. The molecular formula is C4H13N2O+. The van der Waals surface area contributed by atoms with E-state index >= 15 is 0 Å². The van der Waals surface area contributed by atoms with Gasteiger partial charge >= 0.3 is 0 Å². The van der Waals surface area contributed by atoms with Gasteiger partial charge in [0, 0.05) is 0 Å². The molecule has 0 fully saturated rings. The Morgan fingerprint density at radius 2 is 2.00 bits per heavy atom. The van der Waals surface area contributed by atoms with E-state index < -0.39 is 0 Å². The molecule has 0 aliphatic heterocycles. The quantitative estimate of drug-likeness (QED) is 0.267. The van der Waals surface area contributed by atoms with Crippen molar-refractivity contribution < 1.29 is 9.70 Å². The van der Waals surface area contributed by atoms with Crippen LogP contribution in [0.15, 0.2) is 0 Å². The van der Waals surface area contributed by atoms with E-state index in [-0.39, 0.29) is 6.61 Å². The third kappa shape index (κ3) is 5.88. The van der Waals surface area contributed by atoms with Crippen molar-refractivity contribution in [3.05, 3.63) is 0 Å². The average Bonchev–Trinajstić information content (AvgIpc) is 1.30. The summed E-state index contributed by atoms with van der Waals surface area (Å²) >= 11 is 0. The number of likely N-dealkylation sites (N-methyl/N-ethyl adjacent to an activating group) is 1. The van der Waals surface area contributed by atoms with Crippen LogP contribution >= 0.6 is 0 Å². The Labute approximate surface area is 43.9 Å². The second-order valence-electron chi connectivity index (χ2n) is 2.23. The summed E-state index contributed by atoms with van der Waals surface area (Å²) in [6.45, 7) is 0.767. The zero-order valence-corrected chi connectivity index (χ0v) is 4.89. The molecule has 0 bridgehead atoms. The van der Waals surface area contributed by atoms with Crippen LogP contribution in [0.1, 0.15) is 0 Å². The van der Waals surface area contributed by atoms with Crippen molar-refractivity contribution in [3.8, 4) is 0 Å². The van der Waals surface area contributed by atoms with E-state index in [1.54, 1.807) is 0 Å². The topological polar surface area (TPSA) is 46.2 Å². The summed E-state index contributed by atoms with van der Waals surface area (Å²) in [6.07, 6.45) is 0. The van der Waals surface area contributed by atoms with E-state index in [2.05, 4.69) is 0 Å². The van der Waals surface area contributed by atoms with Crippen molar-refractivity contribution in [1.29, 1.82) is 0 Å². The van der Waals surface area contributed by atoms with Gasteiger partial charge in [-0.25, -0.2) is 0 Å². The van der Waals surface area contributed by atoms with Gasteiger partial charge in [0.15, 0.2) is 0 Å². The zero-order valence-electron chi connectivity index (χ0n) is 4.89. The van der Waals surface area contributed by atoms with Crippen molar-refractivity contribution in [2.24, 2.45) is 5.84 Å². The summed E-state index contributed by atoms with van der Waals surface area (Å²) in [5, 5.41) is 8.31. The molecule has 0 aromatic heterocycles. The van der Waals surface area contributed by atoms with Gasteiger partial charge in [-0.3, -0.25) is 4.59 Å². The molecule has 0 unspecified atom stereocenters. The maximum absolute atomic E-state index is 8.31. The number of quaternary nitrogens is 1. The summed E-state index contributed by atoms with van der Waals surface area (Å²) in [6, 6.07) is 0. The van der Waals surface area contributed by atoms with E-state index in [9.17, 15) is 0 Å². The minimum absolute atomic E-state index is 0.156. The molecule has 3 nitrogen and oxygen atoms in total. The van der Waals surface area contributed by atoms with Crippen LogP contribution in [0, 0.1) is 0 Å². The summed E-state index contributed by atoms with van der Waals surface area (Å²) < 4.78 is 0.344. The largest absolute Gasteiger partial charge is 0.390 e. The van der Waals surface area contributed by atoms with Crippen LogP contribution < -0.4 is 5.84 Å². The molecule has 0 aromatic carbocycles. The molecule has 0 aliphatic carbocycles. The van der Waals surface area contributed by atoms with Crippen molar-refractivity contribution in [2.75, 3.05) is 27.2 Å². The number of hydrogen-bond donors (Lipinski definition) is 2. The summed E-state index contributed by atoms with van der Waals surface area (Å²) in [5.41, 5.74) is 0. The first kappa shape index (κ1) is 6.88. The second kappa shape index (κ2) is 2.26. The fourth-order valence-corrected chi connectivity index (χ4v) is 0.258. The fourth-order valence-electron chi connectivity index (χ4n) is 0.258. The molecule has 44 valence electrons. The highest BCUT2D eigenvalue weighted by Crippen LogP contribution is 1.78. The van der Waals surface area contributed by atoms with Gasteiger partial charge in [0.05, 0.1) is 20.7 Å². The van der Waals surface area contributed by atoms with Gasteiger partial charge in [-0.1, -0.05) is 0 Å². The maximum Gasteiger partial charge on any atom is 0.119 e. The Morgan fingerprint density at radius 1 is 1.57 bits per heavy atom. The van der Waals surface area contributed by atoms with Gasteiger partial charge in [-0.2, -0.15) is 5.84 Å². The molecule has 0 spiro atoms. The first-order valence-electron chi connectivity index (χ1n) is 2.29. The van der Waals surface area contributed by atoms with Crippen LogP contribution in [0.3, 0.4) is 0 Å². The third-order valence-electron chi connectivity index (χ3n) is 0.676. The molecule has 0 rings (SSSR count). The van der Waals surface area contributed by atoms with Crippen LogP contribution in [-0.4, -0.2) is 36.9 Å². The molecule has 0 saturated carbocycles. The Balaban J connectivity index is 3.15. The number of nitrogens with two attached hydrogens (primary N) is 1. The molecule has 0 aliphatic rings. The molecule has 0 radical (unpaired) electrons. The van der Waals surface area contributed by atoms with Gasteiger partial charge in [0.25, 0.3) is 0 Å². The highest BCUT2D eigenvalue weighted by molar-refractivity contribution is 4.17. The van der Waals surface area contributed by atoms with Gasteiger partial charge in [0.1, 0.15) is 6.54 Å². The Bertz CT molecular complexity index is 48.1. The van der Waals surface area contributed by atoms with E-state index in [0.717, 1.165) is 0 Å². The van der Waals surface area contributed by atoms with E-state index in [0.29, 0.717) is 11.1 Å². The van der Waals surface area contributed by atoms with E-state index in [1.165, 1.54) is 0 Å². The molecule has 0 amide bonds. The molecular weight excluding hydrogens is 92.1 g/mol. The summed E-state index contributed by atoms with van der Waals surface area (Å²) in [7, 11) is 3.66. The lowest BCUT2D eigenvalue weighted by Crippen LogP contribution is -2.48. The third-order valence-corrected chi connectivity index (χ3v) is 0.676. The van der Waals surface area contributed by atoms with Crippen LogP contribution in [0.25, 0.3) is 0 Å². The van der Waals surface area contributed by atoms with Crippen LogP contribution in [0.2, 0.25) is 0 Å². The lowest BCUT2D eigenvalue weighted by molar-refractivity contribution is -0.902. The van der Waals surface area contributed by atoms with Crippen LogP contribution in [-0.2, 0) is 0 Å². The zero-order chi connectivity index (χ0) is 5.91. The highest BCUT2D eigenvalue weighted by atomic mass is 16.3. The normalized spacial score (nSPS) is 12.0. The first-order chi connectivity index (χ1) is 3.06. The van der Waals surface area contributed by atoms with E-state index in [1.807, 2.05) is 14.1 Å². The lowest BCUT2D eigenvalue weighted by Gasteiger charge is -2.20. The second-order valence-corrected chi connectivity index (χ2v) is 2.23. The predicted molar refractivity (Wildman–Crippen MR) is 28.2 cm³/mol. The number of aliphatic hydroxyl groups is 1. The molecule has 7 heavy (non-hydrogen) atoms. The summed E-state index contributed by atoms with van der Waals surface area (Å²) in [5.74, 6) is 5.42. The SMILES string of the molecule is C[N+](C)(N)CCO. The summed E-state index contributed by atoms with van der Waals surface area (Å²) in [4.78, 5) is 0. The van der Waals surface area contributed by atoms with Crippen molar-refractivity contribution in [2.45, 2.75) is 0 Å². The maximum atomic E-state index is 8.31. The monoisotopic (exact) mass is 105 g/mol. The first-order valence-corrected chi connectivity index (χ1v) is 2.29. The Hall–Kier alpha value is -0.120. The number of nitrogens with zero attached hydrogens (tertiary/aromatic N) is 1. The van der Waals surface area contributed by atoms with Crippen LogP contribution in [0.4, 0.5) is 0 Å². The van der Waals surface area contributed by atoms with Gasteiger partial charge < -0.3 is 5.11 Å². The molecule has 0 saturated heterocycles. The van der Waals surface area contributed by atoms with Crippen molar-refractivity contribution >= 4 is 0 Å². The molecule has 0 atom stereocenters. The molecule has 0 aromatic rings. The molecule has 3 heteroatoms. The minimum Gasteiger partial charge on any atom is -0.390 e. The number of hydrogen-bond acceptors (Lipinski definition) is 2. The highest BCUT2D eigenvalue weighted by Gasteiger charge is 2.03. The van der Waals surface area contributed by atoms with Gasteiger partial charge in [-0.15, -0.1) is 0 Å².